The minimum absolute atomic E-state index is 0.151. The van der Waals surface area contributed by atoms with Gasteiger partial charge in [-0.25, -0.2) is 0 Å². The lowest BCUT2D eigenvalue weighted by Gasteiger charge is -2.17. The molecular formula is C11H22O2. The molecule has 0 aromatic heterocycles. The van der Waals surface area contributed by atoms with Crippen molar-refractivity contribution in [3.8, 4) is 0 Å². The topological polar surface area (TPSA) is 26.3 Å². The highest BCUT2D eigenvalue weighted by Gasteiger charge is 2.12. The first-order chi connectivity index (χ1) is 5.81. The van der Waals surface area contributed by atoms with Gasteiger partial charge in [-0.3, -0.25) is 4.79 Å². The average Bonchev–Trinajstić information content (AvgIpc) is 1.95. The molecule has 78 valence electrons. The van der Waals surface area contributed by atoms with Gasteiger partial charge in [-0.2, -0.15) is 0 Å². The van der Waals surface area contributed by atoms with Crippen LogP contribution >= 0.6 is 0 Å². The third kappa shape index (κ3) is 9.54. The van der Waals surface area contributed by atoms with Crippen molar-refractivity contribution < 1.29 is 9.53 Å². The molecule has 0 saturated carbocycles. The van der Waals surface area contributed by atoms with Crippen LogP contribution in [-0.4, -0.2) is 18.5 Å². The van der Waals surface area contributed by atoms with Crippen LogP contribution in [0.2, 0.25) is 0 Å². The Balaban J connectivity index is 3.53. The van der Waals surface area contributed by atoms with Gasteiger partial charge < -0.3 is 4.74 Å². The van der Waals surface area contributed by atoms with Crippen LogP contribution in [-0.2, 0) is 9.53 Å². The van der Waals surface area contributed by atoms with E-state index in [0.29, 0.717) is 6.42 Å². The average molecular weight is 186 g/mol. The van der Waals surface area contributed by atoms with Gasteiger partial charge in [0.15, 0.2) is 5.78 Å². The quantitative estimate of drug-likeness (QED) is 0.660. The van der Waals surface area contributed by atoms with Gasteiger partial charge in [0.25, 0.3) is 0 Å². The van der Waals surface area contributed by atoms with E-state index in [2.05, 4.69) is 20.8 Å². The lowest BCUT2D eigenvalue weighted by atomic mass is 9.90. The number of ketones is 1. The molecule has 2 nitrogen and oxygen atoms in total. The van der Waals surface area contributed by atoms with Crippen LogP contribution in [0.25, 0.3) is 0 Å². The van der Waals surface area contributed by atoms with Gasteiger partial charge in [-0.1, -0.05) is 20.8 Å². The summed E-state index contributed by atoms with van der Waals surface area (Å²) in [6, 6.07) is 0. The molecule has 0 aliphatic carbocycles. The largest absolute Gasteiger partial charge is 0.371 e. The number of Topliss-reactive ketones (excluding diaryl/α,β-unsaturated/α-hetero) is 1. The lowest BCUT2D eigenvalue weighted by molar-refractivity contribution is -0.125. The number of carbonyl (C=O) groups is 1. The van der Waals surface area contributed by atoms with Crippen molar-refractivity contribution in [2.24, 2.45) is 5.41 Å². The van der Waals surface area contributed by atoms with E-state index in [4.69, 9.17) is 4.74 Å². The Morgan fingerprint density at radius 3 is 2.23 bits per heavy atom. The van der Waals surface area contributed by atoms with Crippen LogP contribution in [0.5, 0.6) is 0 Å². The predicted molar refractivity (Wildman–Crippen MR) is 54.8 cm³/mol. The minimum Gasteiger partial charge on any atom is -0.371 e. The first-order valence-corrected chi connectivity index (χ1v) is 4.94. The smallest absolute Gasteiger partial charge is 0.158 e. The van der Waals surface area contributed by atoms with Crippen molar-refractivity contribution in [2.45, 2.75) is 53.6 Å². The summed E-state index contributed by atoms with van der Waals surface area (Å²) in [4.78, 5) is 11.3. The standard InChI is InChI=1S/C11H22O2/c1-9(2)13-8-10(12)6-7-11(3,4)5/h9H,6-8H2,1-5H3. The summed E-state index contributed by atoms with van der Waals surface area (Å²) in [7, 11) is 0. The van der Waals surface area contributed by atoms with E-state index in [1.807, 2.05) is 13.8 Å². The molecule has 0 aromatic rings. The molecule has 0 N–H and O–H groups in total. The SMILES string of the molecule is CC(C)OCC(=O)CCC(C)(C)C. The molecule has 0 unspecified atom stereocenters. The van der Waals surface area contributed by atoms with Gasteiger partial charge in [0.05, 0.1) is 6.10 Å². The van der Waals surface area contributed by atoms with Gasteiger partial charge in [0.2, 0.25) is 0 Å². The highest BCUT2D eigenvalue weighted by atomic mass is 16.5. The Hall–Kier alpha value is -0.370. The second-order valence-electron chi connectivity index (χ2n) is 4.96. The highest BCUT2D eigenvalue weighted by molar-refractivity contribution is 5.79. The molecule has 0 spiro atoms. The Morgan fingerprint density at radius 1 is 1.31 bits per heavy atom. The molecule has 0 rings (SSSR count). The maximum Gasteiger partial charge on any atom is 0.158 e. The van der Waals surface area contributed by atoms with Crippen molar-refractivity contribution in [1.29, 1.82) is 0 Å². The fourth-order valence-corrected chi connectivity index (χ4v) is 0.846. The first-order valence-electron chi connectivity index (χ1n) is 4.94. The normalized spacial score (nSPS) is 12.2. The van der Waals surface area contributed by atoms with Crippen LogP contribution in [0.4, 0.5) is 0 Å². The zero-order chi connectivity index (χ0) is 10.5. The summed E-state index contributed by atoms with van der Waals surface area (Å²) >= 11 is 0. The first kappa shape index (κ1) is 12.6. The van der Waals surface area contributed by atoms with E-state index < -0.39 is 0 Å². The zero-order valence-electron chi connectivity index (χ0n) is 9.52. The zero-order valence-corrected chi connectivity index (χ0v) is 9.52. The van der Waals surface area contributed by atoms with E-state index in [-0.39, 0.29) is 23.9 Å². The van der Waals surface area contributed by atoms with E-state index in [0.717, 1.165) is 6.42 Å². The molecule has 0 aliphatic heterocycles. The van der Waals surface area contributed by atoms with Crippen LogP contribution in [0.1, 0.15) is 47.5 Å². The molecule has 0 bridgehead atoms. The molecule has 0 radical (unpaired) electrons. The Bertz CT molecular complexity index is 154. The minimum atomic E-state index is 0.151. The van der Waals surface area contributed by atoms with Crippen molar-refractivity contribution in [3.63, 3.8) is 0 Å². The van der Waals surface area contributed by atoms with Crippen molar-refractivity contribution in [3.05, 3.63) is 0 Å². The van der Waals surface area contributed by atoms with Gasteiger partial charge in [0.1, 0.15) is 6.61 Å². The molecule has 0 atom stereocenters. The summed E-state index contributed by atoms with van der Waals surface area (Å²) < 4.78 is 5.22. The molecule has 0 amide bonds. The second kappa shape index (κ2) is 5.38. The predicted octanol–water partition coefficient (Wildman–Crippen LogP) is 2.81. The molecule has 13 heavy (non-hydrogen) atoms. The molecule has 0 saturated heterocycles. The molecule has 0 heterocycles. The highest BCUT2D eigenvalue weighted by Crippen LogP contribution is 2.20. The van der Waals surface area contributed by atoms with E-state index >= 15 is 0 Å². The summed E-state index contributed by atoms with van der Waals surface area (Å²) in [6.45, 7) is 10.6. The third-order valence-electron chi connectivity index (χ3n) is 1.73. The molecule has 2 heteroatoms. The van der Waals surface area contributed by atoms with E-state index in [9.17, 15) is 4.79 Å². The maximum atomic E-state index is 11.3. The van der Waals surface area contributed by atoms with Crippen LogP contribution in [0, 0.1) is 5.41 Å². The van der Waals surface area contributed by atoms with Crippen molar-refractivity contribution in [2.75, 3.05) is 6.61 Å². The van der Waals surface area contributed by atoms with Gasteiger partial charge in [-0.05, 0) is 25.7 Å². The lowest BCUT2D eigenvalue weighted by Crippen LogP contribution is -2.15. The van der Waals surface area contributed by atoms with E-state index in [1.54, 1.807) is 0 Å². The molecule has 0 fully saturated rings. The summed E-state index contributed by atoms with van der Waals surface area (Å²) in [5, 5.41) is 0. The molecule has 0 aromatic carbocycles. The van der Waals surface area contributed by atoms with Gasteiger partial charge in [-0.15, -0.1) is 0 Å². The Labute approximate surface area is 81.7 Å². The number of rotatable bonds is 5. The van der Waals surface area contributed by atoms with Gasteiger partial charge >= 0.3 is 0 Å². The maximum absolute atomic E-state index is 11.3. The van der Waals surface area contributed by atoms with Crippen LogP contribution in [0.3, 0.4) is 0 Å². The van der Waals surface area contributed by atoms with Crippen molar-refractivity contribution >= 4 is 5.78 Å². The number of hydrogen-bond donors (Lipinski definition) is 0. The van der Waals surface area contributed by atoms with Crippen molar-refractivity contribution in [1.82, 2.24) is 0 Å². The third-order valence-corrected chi connectivity index (χ3v) is 1.73. The summed E-state index contributed by atoms with van der Waals surface area (Å²) in [5.41, 5.74) is 0.244. The monoisotopic (exact) mass is 186 g/mol. The number of ether oxygens (including phenoxy) is 1. The van der Waals surface area contributed by atoms with Crippen LogP contribution in [0.15, 0.2) is 0 Å². The number of carbonyl (C=O) groups excluding carboxylic acids is 1. The summed E-state index contributed by atoms with van der Waals surface area (Å²) in [5.74, 6) is 0.212. The molecule has 0 aliphatic rings. The van der Waals surface area contributed by atoms with Crippen LogP contribution < -0.4 is 0 Å². The summed E-state index contributed by atoms with van der Waals surface area (Å²) in [6.07, 6.45) is 1.72. The fraction of sp³-hybridized carbons (Fsp3) is 0.909. The van der Waals surface area contributed by atoms with E-state index in [1.165, 1.54) is 0 Å². The second-order valence-corrected chi connectivity index (χ2v) is 4.96. The Morgan fingerprint density at radius 2 is 1.85 bits per heavy atom. The Kier molecular flexibility index (Phi) is 5.23. The number of hydrogen-bond acceptors (Lipinski definition) is 2. The van der Waals surface area contributed by atoms with Gasteiger partial charge in [0, 0.05) is 6.42 Å². The molecular weight excluding hydrogens is 164 g/mol. The fourth-order valence-electron chi connectivity index (χ4n) is 0.846.